The number of thiophene rings is 1. The molecule has 0 saturated carbocycles. The second-order valence-electron chi connectivity index (χ2n) is 5.56. The number of hydrazone groups is 1. The van der Waals surface area contributed by atoms with Crippen LogP contribution < -0.4 is 10.2 Å². The molecule has 3 aromatic rings. The highest BCUT2D eigenvalue weighted by Crippen LogP contribution is 2.30. The lowest BCUT2D eigenvalue weighted by Gasteiger charge is -2.09. The van der Waals surface area contributed by atoms with Crippen LogP contribution in [0.2, 0.25) is 0 Å². The second-order valence-corrected chi connectivity index (χ2v) is 7.36. The summed E-state index contributed by atoms with van der Waals surface area (Å²) in [6, 6.07) is 17.9. The number of amides is 1. The van der Waals surface area contributed by atoms with E-state index in [1.54, 1.807) is 17.6 Å². The molecule has 1 aromatic heterocycles. The van der Waals surface area contributed by atoms with Crippen molar-refractivity contribution in [3.05, 3.63) is 74.9 Å². The van der Waals surface area contributed by atoms with E-state index in [9.17, 15) is 4.79 Å². The molecule has 4 nitrogen and oxygen atoms in total. The first-order valence-corrected chi connectivity index (χ1v) is 9.64. The normalized spacial score (nSPS) is 10.8. The molecule has 0 spiro atoms. The molecule has 26 heavy (non-hydrogen) atoms. The number of ether oxygens (including phenoxy) is 1. The van der Waals surface area contributed by atoms with E-state index in [-0.39, 0.29) is 12.5 Å². The van der Waals surface area contributed by atoms with Crippen molar-refractivity contribution in [3.8, 4) is 16.9 Å². The third kappa shape index (κ3) is 4.80. The Bertz CT molecular complexity index is 923. The number of hydrogen-bond acceptors (Lipinski definition) is 4. The SMILES string of the molecule is Cc1ccsc1/C=N/NC(=O)COc1ccc(-c2ccccc2)cc1Br. The fraction of sp³-hybridized carbons (Fsp3) is 0.100. The number of rotatable bonds is 6. The Morgan fingerprint density at radius 2 is 2.00 bits per heavy atom. The van der Waals surface area contributed by atoms with Crippen LogP contribution in [0.1, 0.15) is 10.4 Å². The molecule has 0 bridgehead atoms. The number of nitrogens with zero attached hydrogens (tertiary/aromatic N) is 1. The molecule has 3 rings (SSSR count). The molecule has 0 radical (unpaired) electrons. The van der Waals surface area contributed by atoms with E-state index >= 15 is 0 Å². The van der Waals surface area contributed by atoms with Gasteiger partial charge in [0, 0.05) is 4.88 Å². The van der Waals surface area contributed by atoms with Crippen molar-refractivity contribution in [2.24, 2.45) is 5.10 Å². The van der Waals surface area contributed by atoms with Crippen LogP contribution in [0, 0.1) is 6.92 Å². The van der Waals surface area contributed by atoms with Gasteiger partial charge in [0.25, 0.3) is 5.91 Å². The zero-order chi connectivity index (χ0) is 18.4. The first kappa shape index (κ1) is 18.4. The van der Waals surface area contributed by atoms with Crippen molar-refractivity contribution in [1.82, 2.24) is 5.43 Å². The van der Waals surface area contributed by atoms with Gasteiger partial charge >= 0.3 is 0 Å². The van der Waals surface area contributed by atoms with Crippen LogP contribution in [0.4, 0.5) is 0 Å². The Labute approximate surface area is 164 Å². The first-order chi connectivity index (χ1) is 12.6. The summed E-state index contributed by atoms with van der Waals surface area (Å²) in [4.78, 5) is 12.9. The predicted octanol–water partition coefficient (Wildman–Crippen LogP) is 5.02. The number of benzene rings is 2. The number of carbonyl (C=O) groups excluding carboxylic acids is 1. The third-order valence-corrected chi connectivity index (χ3v) is 5.24. The molecular formula is C20H17BrN2O2S. The van der Waals surface area contributed by atoms with E-state index < -0.39 is 0 Å². The maximum absolute atomic E-state index is 11.9. The Hall–Kier alpha value is -2.44. The summed E-state index contributed by atoms with van der Waals surface area (Å²) < 4.78 is 6.37. The third-order valence-electron chi connectivity index (χ3n) is 3.67. The topological polar surface area (TPSA) is 50.7 Å². The largest absolute Gasteiger partial charge is 0.483 e. The van der Waals surface area contributed by atoms with E-state index in [0.717, 1.165) is 26.0 Å². The van der Waals surface area contributed by atoms with Crippen LogP contribution >= 0.6 is 27.3 Å². The van der Waals surface area contributed by atoms with Crippen molar-refractivity contribution in [2.45, 2.75) is 6.92 Å². The molecule has 0 fully saturated rings. The Kier molecular flexibility index (Phi) is 6.20. The van der Waals surface area contributed by atoms with E-state index in [1.165, 1.54) is 0 Å². The van der Waals surface area contributed by atoms with E-state index in [4.69, 9.17) is 4.74 Å². The first-order valence-electron chi connectivity index (χ1n) is 7.97. The zero-order valence-corrected chi connectivity index (χ0v) is 16.5. The molecule has 1 N–H and O–H groups in total. The maximum Gasteiger partial charge on any atom is 0.277 e. The van der Waals surface area contributed by atoms with Gasteiger partial charge in [-0.25, -0.2) is 5.43 Å². The highest BCUT2D eigenvalue weighted by Gasteiger charge is 2.07. The lowest BCUT2D eigenvalue weighted by molar-refractivity contribution is -0.123. The number of aryl methyl sites for hydroxylation is 1. The summed E-state index contributed by atoms with van der Waals surface area (Å²) in [6.07, 6.45) is 1.64. The minimum Gasteiger partial charge on any atom is -0.483 e. The minimum absolute atomic E-state index is 0.107. The quantitative estimate of drug-likeness (QED) is 0.442. The van der Waals surface area contributed by atoms with E-state index in [0.29, 0.717) is 5.75 Å². The molecular weight excluding hydrogens is 412 g/mol. The van der Waals surface area contributed by atoms with Gasteiger partial charge in [-0.3, -0.25) is 4.79 Å². The summed E-state index contributed by atoms with van der Waals surface area (Å²) >= 11 is 5.07. The molecule has 2 aromatic carbocycles. The van der Waals surface area contributed by atoms with Crippen LogP contribution in [-0.4, -0.2) is 18.7 Å². The molecule has 0 atom stereocenters. The molecule has 0 saturated heterocycles. The van der Waals surface area contributed by atoms with Crippen LogP contribution in [0.5, 0.6) is 5.75 Å². The van der Waals surface area contributed by atoms with Crippen molar-refractivity contribution < 1.29 is 9.53 Å². The lowest BCUT2D eigenvalue weighted by atomic mass is 10.1. The summed E-state index contributed by atoms with van der Waals surface area (Å²) in [7, 11) is 0. The summed E-state index contributed by atoms with van der Waals surface area (Å²) in [5.74, 6) is 0.299. The fourth-order valence-corrected chi connectivity index (χ4v) is 3.56. The van der Waals surface area contributed by atoms with E-state index in [1.807, 2.05) is 66.9 Å². The minimum atomic E-state index is -0.311. The molecule has 6 heteroatoms. The summed E-state index contributed by atoms with van der Waals surface area (Å²) in [5, 5.41) is 5.94. The molecule has 1 amide bonds. The smallest absolute Gasteiger partial charge is 0.277 e. The predicted molar refractivity (Wildman–Crippen MR) is 110 cm³/mol. The fourth-order valence-electron chi connectivity index (χ4n) is 2.28. The van der Waals surface area contributed by atoms with Crippen molar-refractivity contribution in [2.75, 3.05) is 6.61 Å². The van der Waals surface area contributed by atoms with Crippen LogP contribution in [0.25, 0.3) is 11.1 Å². The van der Waals surface area contributed by atoms with Gasteiger partial charge in [0.1, 0.15) is 5.75 Å². The molecule has 0 aliphatic carbocycles. The van der Waals surface area contributed by atoms with Gasteiger partial charge in [-0.05, 0) is 63.1 Å². The number of nitrogens with one attached hydrogen (secondary N) is 1. The maximum atomic E-state index is 11.9. The van der Waals surface area contributed by atoms with Crippen LogP contribution in [0.15, 0.2) is 69.6 Å². The molecule has 132 valence electrons. The van der Waals surface area contributed by atoms with Crippen LogP contribution in [-0.2, 0) is 4.79 Å². The molecule has 1 heterocycles. The monoisotopic (exact) mass is 428 g/mol. The van der Waals surface area contributed by atoms with Gasteiger partial charge < -0.3 is 4.74 Å². The van der Waals surface area contributed by atoms with Crippen LogP contribution in [0.3, 0.4) is 0 Å². The Morgan fingerprint density at radius 1 is 1.19 bits per heavy atom. The highest BCUT2D eigenvalue weighted by molar-refractivity contribution is 9.10. The summed E-state index contributed by atoms with van der Waals surface area (Å²) in [6.45, 7) is 1.89. The zero-order valence-electron chi connectivity index (χ0n) is 14.1. The lowest BCUT2D eigenvalue weighted by Crippen LogP contribution is -2.24. The van der Waals surface area contributed by atoms with Crippen molar-refractivity contribution >= 4 is 39.4 Å². The molecule has 0 aliphatic heterocycles. The van der Waals surface area contributed by atoms with Gasteiger partial charge in [-0.15, -0.1) is 11.3 Å². The van der Waals surface area contributed by atoms with Gasteiger partial charge in [0.15, 0.2) is 6.61 Å². The molecule has 0 unspecified atom stereocenters. The average molecular weight is 429 g/mol. The summed E-state index contributed by atoms with van der Waals surface area (Å²) in [5.41, 5.74) is 5.80. The number of carbonyl (C=O) groups is 1. The highest BCUT2D eigenvalue weighted by atomic mass is 79.9. The average Bonchev–Trinajstić information content (AvgIpc) is 3.06. The van der Waals surface area contributed by atoms with Crippen molar-refractivity contribution in [1.29, 1.82) is 0 Å². The second kappa shape index (κ2) is 8.78. The van der Waals surface area contributed by atoms with Crippen molar-refractivity contribution in [3.63, 3.8) is 0 Å². The van der Waals surface area contributed by atoms with Gasteiger partial charge in [-0.2, -0.15) is 5.10 Å². The van der Waals surface area contributed by atoms with E-state index in [2.05, 4.69) is 26.5 Å². The van der Waals surface area contributed by atoms with Gasteiger partial charge in [-0.1, -0.05) is 36.4 Å². The number of halogens is 1. The Balaban J connectivity index is 1.55. The standard InChI is InChI=1S/C20H17BrN2O2S/c1-14-9-10-26-19(14)12-22-23-20(24)13-25-18-8-7-16(11-17(18)21)15-5-3-2-4-6-15/h2-12H,13H2,1H3,(H,23,24)/b22-12+. The number of hydrogen-bond donors (Lipinski definition) is 1. The Morgan fingerprint density at radius 3 is 2.69 bits per heavy atom. The van der Waals surface area contributed by atoms with Gasteiger partial charge in [0.2, 0.25) is 0 Å². The molecule has 0 aliphatic rings. The van der Waals surface area contributed by atoms with Gasteiger partial charge in [0.05, 0.1) is 10.7 Å².